The van der Waals surface area contributed by atoms with E-state index < -0.39 is 6.04 Å². The molecule has 0 saturated heterocycles. The summed E-state index contributed by atoms with van der Waals surface area (Å²) in [7, 11) is 0. The maximum atomic E-state index is 13.6. The molecule has 0 radical (unpaired) electrons. The topological polar surface area (TPSA) is 50.5 Å². The van der Waals surface area contributed by atoms with Crippen LogP contribution in [-0.2, 0) is 0 Å². The van der Waals surface area contributed by atoms with Crippen LogP contribution >= 0.6 is 15.9 Å². The Morgan fingerprint density at radius 3 is 2.37 bits per heavy atom. The van der Waals surface area contributed by atoms with Gasteiger partial charge in [0.2, 0.25) is 5.76 Å². The van der Waals surface area contributed by atoms with Crippen molar-refractivity contribution in [2.24, 2.45) is 0 Å². The molecular formula is C25H18BrNO3. The molecule has 5 heteroatoms. The number of fused-ring (bicyclic) bond motifs is 2. The molecule has 1 amide bonds. The molecular weight excluding hydrogens is 442 g/mol. The molecule has 1 unspecified atom stereocenters. The third-order valence-electron chi connectivity index (χ3n) is 5.69. The molecule has 3 aromatic carbocycles. The molecule has 4 nitrogen and oxygen atoms in total. The van der Waals surface area contributed by atoms with Crippen LogP contribution in [0.3, 0.4) is 0 Å². The van der Waals surface area contributed by atoms with Gasteiger partial charge < -0.3 is 4.42 Å². The first-order chi connectivity index (χ1) is 14.5. The molecule has 0 saturated carbocycles. The first-order valence-electron chi connectivity index (χ1n) is 9.67. The van der Waals surface area contributed by atoms with Gasteiger partial charge in [0, 0.05) is 10.2 Å². The van der Waals surface area contributed by atoms with Crippen molar-refractivity contribution in [2.45, 2.75) is 19.9 Å². The van der Waals surface area contributed by atoms with Gasteiger partial charge in [-0.25, -0.2) is 0 Å². The van der Waals surface area contributed by atoms with E-state index in [9.17, 15) is 9.59 Å². The lowest BCUT2D eigenvalue weighted by Crippen LogP contribution is -2.29. The van der Waals surface area contributed by atoms with E-state index in [1.807, 2.05) is 80.6 Å². The average Bonchev–Trinajstić information content (AvgIpc) is 3.03. The quantitative estimate of drug-likeness (QED) is 0.373. The van der Waals surface area contributed by atoms with Gasteiger partial charge in [-0.2, -0.15) is 0 Å². The standard InChI is InChI=1S/C25H18BrNO3/c1-14-11-19-20(12-15(14)2)30-24-21(23(19)28)22(16-7-4-3-5-8-16)27(25(24)29)18-10-6-9-17(26)13-18/h3-13,22H,1-2H3. The predicted molar refractivity (Wildman–Crippen MR) is 121 cm³/mol. The van der Waals surface area contributed by atoms with Crippen LogP contribution in [0.15, 0.2) is 80.4 Å². The van der Waals surface area contributed by atoms with Crippen molar-refractivity contribution in [2.75, 3.05) is 4.90 Å². The fraction of sp³-hybridized carbons (Fsp3) is 0.120. The van der Waals surface area contributed by atoms with E-state index in [1.54, 1.807) is 4.90 Å². The fourth-order valence-electron chi connectivity index (χ4n) is 4.07. The molecule has 2 heterocycles. The highest BCUT2D eigenvalue weighted by Crippen LogP contribution is 2.41. The first-order valence-corrected chi connectivity index (χ1v) is 10.5. The zero-order valence-electron chi connectivity index (χ0n) is 16.5. The lowest BCUT2D eigenvalue weighted by molar-refractivity contribution is 0.0971. The van der Waals surface area contributed by atoms with Gasteiger partial charge in [-0.15, -0.1) is 0 Å². The molecule has 5 rings (SSSR count). The van der Waals surface area contributed by atoms with Crippen LogP contribution < -0.4 is 10.3 Å². The van der Waals surface area contributed by atoms with Crippen LogP contribution in [0, 0.1) is 13.8 Å². The Bertz CT molecular complexity index is 1370. The van der Waals surface area contributed by atoms with Gasteiger partial charge >= 0.3 is 0 Å². The molecule has 0 spiro atoms. The molecule has 1 aromatic heterocycles. The zero-order valence-corrected chi connectivity index (χ0v) is 18.1. The SMILES string of the molecule is Cc1cc2oc3c(c(=O)c2cc1C)C(c1ccccc1)N(c1cccc(Br)c1)C3=O. The molecule has 0 N–H and O–H groups in total. The van der Waals surface area contributed by atoms with Crippen molar-refractivity contribution >= 4 is 38.5 Å². The second-order valence-corrected chi connectivity index (χ2v) is 8.49. The number of benzene rings is 3. The Hall–Kier alpha value is -3.18. The maximum absolute atomic E-state index is 13.6. The summed E-state index contributed by atoms with van der Waals surface area (Å²) in [5, 5.41) is 0.502. The summed E-state index contributed by atoms with van der Waals surface area (Å²) in [5.74, 6) is -0.196. The van der Waals surface area contributed by atoms with E-state index in [-0.39, 0.29) is 17.1 Å². The van der Waals surface area contributed by atoms with Crippen molar-refractivity contribution in [1.82, 2.24) is 0 Å². The van der Waals surface area contributed by atoms with Crippen LogP contribution in [-0.4, -0.2) is 5.91 Å². The minimum Gasteiger partial charge on any atom is -0.450 e. The summed E-state index contributed by atoms with van der Waals surface area (Å²) in [6.07, 6.45) is 0. The molecule has 1 atom stereocenters. The minimum atomic E-state index is -0.551. The number of nitrogens with zero attached hydrogens (tertiary/aromatic N) is 1. The van der Waals surface area contributed by atoms with Gasteiger partial charge in [-0.1, -0.05) is 52.3 Å². The summed E-state index contributed by atoms with van der Waals surface area (Å²) in [5.41, 5.74) is 4.26. The van der Waals surface area contributed by atoms with Gasteiger partial charge in [-0.05, 0) is 60.9 Å². The number of carbonyl (C=O) groups excluding carboxylic acids is 1. The third kappa shape index (κ3) is 2.81. The summed E-state index contributed by atoms with van der Waals surface area (Å²) >= 11 is 3.48. The summed E-state index contributed by atoms with van der Waals surface area (Å²) in [6, 6.07) is 20.2. The largest absolute Gasteiger partial charge is 0.450 e. The molecule has 1 aliphatic heterocycles. The minimum absolute atomic E-state index is 0.115. The van der Waals surface area contributed by atoms with E-state index >= 15 is 0 Å². The van der Waals surface area contributed by atoms with Crippen molar-refractivity contribution in [3.8, 4) is 0 Å². The second-order valence-electron chi connectivity index (χ2n) is 7.57. The lowest BCUT2D eigenvalue weighted by Gasteiger charge is -2.25. The Kier molecular flexibility index (Phi) is 4.36. The number of carbonyl (C=O) groups is 1. The van der Waals surface area contributed by atoms with Crippen molar-refractivity contribution < 1.29 is 9.21 Å². The van der Waals surface area contributed by atoms with Crippen molar-refractivity contribution in [1.29, 1.82) is 0 Å². The predicted octanol–water partition coefficient (Wildman–Crippen LogP) is 5.92. The molecule has 30 heavy (non-hydrogen) atoms. The molecule has 1 aliphatic rings. The summed E-state index contributed by atoms with van der Waals surface area (Å²) < 4.78 is 6.92. The second kappa shape index (κ2) is 6.96. The third-order valence-corrected chi connectivity index (χ3v) is 6.18. The number of rotatable bonds is 2. The van der Waals surface area contributed by atoms with Gasteiger partial charge in [0.25, 0.3) is 5.91 Å². The van der Waals surface area contributed by atoms with Gasteiger partial charge in [-0.3, -0.25) is 14.5 Å². The maximum Gasteiger partial charge on any atom is 0.295 e. The summed E-state index contributed by atoms with van der Waals surface area (Å²) in [4.78, 5) is 28.8. The summed E-state index contributed by atoms with van der Waals surface area (Å²) in [6.45, 7) is 3.93. The van der Waals surface area contributed by atoms with Gasteiger partial charge in [0.1, 0.15) is 5.58 Å². The highest BCUT2D eigenvalue weighted by molar-refractivity contribution is 9.10. The Labute approximate surface area is 181 Å². The number of hydrogen-bond acceptors (Lipinski definition) is 3. The van der Waals surface area contributed by atoms with Crippen molar-refractivity contribution in [3.05, 3.63) is 109 Å². The number of aryl methyl sites for hydroxylation is 2. The van der Waals surface area contributed by atoms with Gasteiger partial charge in [0.15, 0.2) is 5.43 Å². The van der Waals surface area contributed by atoms with E-state index in [1.165, 1.54) is 0 Å². The molecule has 0 aliphatic carbocycles. The Balaban J connectivity index is 1.84. The fourth-order valence-corrected chi connectivity index (χ4v) is 4.46. The normalized spacial score (nSPS) is 15.6. The molecule has 0 bridgehead atoms. The van der Waals surface area contributed by atoms with Crippen LogP contribution in [0.4, 0.5) is 5.69 Å². The highest BCUT2D eigenvalue weighted by Gasteiger charge is 2.43. The van der Waals surface area contributed by atoms with Crippen LogP contribution in [0.2, 0.25) is 0 Å². The smallest absolute Gasteiger partial charge is 0.295 e. The molecule has 0 fully saturated rings. The monoisotopic (exact) mass is 459 g/mol. The average molecular weight is 460 g/mol. The van der Waals surface area contributed by atoms with E-state index in [0.29, 0.717) is 22.2 Å². The van der Waals surface area contributed by atoms with E-state index in [4.69, 9.17) is 4.42 Å². The van der Waals surface area contributed by atoms with Crippen LogP contribution in [0.1, 0.15) is 38.9 Å². The Morgan fingerprint density at radius 2 is 1.63 bits per heavy atom. The van der Waals surface area contributed by atoms with E-state index in [0.717, 1.165) is 21.2 Å². The number of anilines is 1. The van der Waals surface area contributed by atoms with Crippen LogP contribution in [0.25, 0.3) is 11.0 Å². The van der Waals surface area contributed by atoms with Gasteiger partial charge in [0.05, 0.1) is 17.0 Å². The molecule has 148 valence electrons. The zero-order chi connectivity index (χ0) is 21.0. The van der Waals surface area contributed by atoms with Crippen LogP contribution in [0.5, 0.6) is 0 Å². The molecule has 4 aromatic rings. The lowest BCUT2D eigenvalue weighted by atomic mass is 9.97. The number of hydrogen-bond donors (Lipinski definition) is 0. The van der Waals surface area contributed by atoms with Crippen molar-refractivity contribution in [3.63, 3.8) is 0 Å². The Morgan fingerprint density at radius 1 is 0.900 bits per heavy atom. The van der Waals surface area contributed by atoms with E-state index in [2.05, 4.69) is 15.9 Å². The first kappa shape index (κ1) is 18.8. The number of halogens is 1. The number of amides is 1. The highest BCUT2D eigenvalue weighted by atomic mass is 79.9.